The SMILES string of the molecule is NCCNC(=O)C1CCCN(C(=O)CCOCC2CCCO2)C1. The van der Waals surface area contributed by atoms with Gasteiger partial charge in [0.1, 0.15) is 0 Å². The zero-order chi connectivity index (χ0) is 16.5. The minimum atomic E-state index is -0.118. The van der Waals surface area contributed by atoms with Gasteiger partial charge in [-0.1, -0.05) is 0 Å². The number of nitrogens with one attached hydrogen (secondary N) is 1. The number of ether oxygens (including phenoxy) is 2. The standard InChI is InChI=1S/C16H29N3O4/c17-6-7-18-16(21)13-3-1-8-19(11-13)15(20)5-10-22-12-14-4-2-9-23-14/h13-14H,1-12,17H2,(H,18,21). The number of nitrogens with two attached hydrogens (primary N) is 1. The normalized spacial score (nSPS) is 24.7. The molecule has 0 aromatic heterocycles. The van der Waals surface area contributed by atoms with Crippen molar-refractivity contribution in [2.24, 2.45) is 11.7 Å². The maximum Gasteiger partial charge on any atom is 0.224 e. The molecule has 23 heavy (non-hydrogen) atoms. The predicted octanol–water partition coefficient (Wildman–Crippen LogP) is -0.114. The van der Waals surface area contributed by atoms with Gasteiger partial charge in [0.25, 0.3) is 0 Å². The van der Waals surface area contributed by atoms with E-state index in [1.165, 1.54) is 0 Å². The summed E-state index contributed by atoms with van der Waals surface area (Å²) in [6, 6.07) is 0. The van der Waals surface area contributed by atoms with Gasteiger partial charge in [-0.3, -0.25) is 9.59 Å². The van der Waals surface area contributed by atoms with Gasteiger partial charge in [-0.05, 0) is 25.7 Å². The van der Waals surface area contributed by atoms with Gasteiger partial charge in [-0.2, -0.15) is 0 Å². The molecule has 132 valence electrons. The fourth-order valence-corrected chi connectivity index (χ4v) is 3.07. The molecular formula is C16H29N3O4. The van der Waals surface area contributed by atoms with Crippen molar-refractivity contribution < 1.29 is 19.1 Å². The number of amides is 2. The Balaban J connectivity index is 1.64. The number of piperidine rings is 1. The summed E-state index contributed by atoms with van der Waals surface area (Å²) in [5.74, 6) is -0.0525. The van der Waals surface area contributed by atoms with E-state index in [1.54, 1.807) is 4.90 Å². The average Bonchev–Trinajstić information content (AvgIpc) is 3.10. The van der Waals surface area contributed by atoms with E-state index >= 15 is 0 Å². The van der Waals surface area contributed by atoms with Gasteiger partial charge < -0.3 is 25.4 Å². The fraction of sp³-hybridized carbons (Fsp3) is 0.875. The van der Waals surface area contributed by atoms with E-state index in [0.29, 0.717) is 39.3 Å². The van der Waals surface area contributed by atoms with E-state index in [9.17, 15) is 9.59 Å². The molecule has 0 bridgehead atoms. The lowest BCUT2D eigenvalue weighted by Gasteiger charge is -2.32. The van der Waals surface area contributed by atoms with Crippen LogP contribution in [0.15, 0.2) is 0 Å². The molecule has 0 aliphatic carbocycles. The lowest BCUT2D eigenvalue weighted by molar-refractivity contribution is -0.136. The number of hydrogen-bond donors (Lipinski definition) is 2. The second kappa shape index (κ2) is 9.85. The van der Waals surface area contributed by atoms with Crippen molar-refractivity contribution >= 4 is 11.8 Å². The molecule has 3 N–H and O–H groups in total. The van der Waals surface area contributed by atoms with Crippen molar-refractivity contribution in [1.82, 2.24) is 10.2 Å². The van der Waals surface area contributed by atoms with Crippen molar-refractivity contribution in [3.05, 3.63) is 0 Å². The summed E-state index contributed by atoms with van der Waals surface area (Å²) in [5.41, 5.74) is 5.39. The highest BCUT2D eigenvalue weighted by Gasteiger charge is 2.28. The minimum absolute atomic E-state index is 0.00239. The summed E-state index contributed by atoms with van der Waals surface area (Å²) in [5, 5.41) is 2.80. The Hall–Kier alpha value is -1.18. The number of carbonyl (C=O) groups excluding carboxylic acids is 2. The van der Waals surface area contributed by atoms with Gasteiger partial charge in [-0.25, -0.2) is 0 Å². The summed E-state index contributed by atoms with van der Waals surface area (Å²) < 4.78 is 11.0. The quantitative estimate of drug-likeness (QED) is 0.607. The molecule has 2 amide bonds. The fourth-order valence-electron chi connectivity index (χ4n) is 3.07. The average molecular weight is 327 g/mol. The molecule has 0 spiro atoms. The molecular weight excluding hydrogens is 298 g/mol. The molecule has 2 aliphatic heterocycles. The van der Waals surface area contributed by atoms with Crippen molar-refractivity contribution in [2.75, 3.05) is 46.0 Å². The molecule has 2 fully saturated rings. The summed E-state index contributed by atoms with van der Waals surface area (Å²) in [4.78, 5) is 26.0. The third-order valence-corrected chi connectivity index (χ3v) is 4.38. The molecule has 0 radical (unpaired) electrons. The molecule has 2 unspecified atom stereocenters. The van der Waals surface area contributed by atoms with E-state index in [0.717, 1.165) is 38.8 Å². The lowest BCUT2D eigenvalue weighted by atomic mass is 9.97. The molecule has 0 aromatic carbocycles. The van der Waals surface area contributed by atoms with Crippen LogP contribution in [0.3, 0.4) is 0 Å². The highest BCUT2D eigenvalue weighted by atomic mass is 16.5. The maximum absolute atomic E-state index is 12.2. The lowest BCUT2D eigenvalue weighted by Crippen LogP contribution is -2.46. The number of hydrogen-bond acceptors (Lipinski definition) is 5. The summed E-state index contributed by atoms with van der Waals surface area (Å²) in [6.07, 6.45) is 4.38. The molecule has 7 heteroatoms. The zero-order valence-corrected chi connectivity index (χ0v) is 13.8. The van der Waals surface area contributed by atoms with Gasteiger partial charge in [0, 0.05) is 32.8 Å². The second-order valence-electron chi connectivity index (χ2n) is 6.22. The van der Waals surface area contributed by atoms with Crippen LogP contribution in [0.2, 0.25) is 0 Å². The Morgan fingerprint density at radius 1 is 1.30 bits per heavy atom. The van der Waals surface area contributed by atoms with Crippen LogP contribution in [0.4, 0.5) is 0 Å². The summed E-state index contributed by atoms with van der Waals surface area (Å²) in [6.45, 7) is 3.95. The molecule has 2 saturated heterocycles. The first kappa shape index (κ1) is 18.2. The van der Waals surface area contributed by atoms with Crippen molar-refractivity contribution in [3.63, 3.8) is 0 Å². The maximum atomic E-state index is 12.2. The second-order valence-corrected chi connectivity index (χ2v) is 6.22. The highest BCUT2D eigenvalue weighted by Crippen LogP contribution is 2.17. The summed E-state index contributed by atoms with van der Waals surface area (Å²) in [7, 11) is 0. The first-order valence-corrected chi connectivity index (χ1v) is 8.65. The van der Waals surface area contributed by atoms with Gasteiger partial charge in [-0.15, -0.1) is 0 Å². The largest absolute Gasteiger partial charge is 0.378 e. The summed E-state index contributed by atoms with van der Waals surface area (Å²) >= 11 is 0. The van der Waals surface area contributed by atoms with E-state index in [-0.39, 0.29) is 23.8 Å². The monoisotopic (exact) mass is 327 g/mol. The zero-order valence-electron chi connectivity index (χ0n) is 13.8. The topological polar surface area (TPSA) is 93.9 Å². The van der Waals surface area contributed by atoms with E-state index in [1.807, 2.05) is 0 Å². The number of rotatable bonds is 8. The molecule has 0 aromatic rings. The molecule has 2 rings (SSSR count). The Morgan fingerprint density at radius 2 is 2.17 bits per heavy atom. The van der Waals surface area contributed by atoms with Crippen molar-refractivity contribution in [1.29, 1.82) is 0 Å². The third-order valence-electron chi connectivity index (χ3n) is 4.38. The Bertz CT molecular complexity index is 386. The minimum Gasteiger partial charge on any atom is -0.378 e. The van der Waals surface area contributed by atoms with Crippen LogP contribution in [-0.4, -0.2) is 68.8 Å². The molecule has 7 nitrogen and oxygen atoms in total. The first-order valence-electron chi connectivity index (χ1n) is 8.65. The Kier molecular flexibility index (Phi) is 7.78. The molecule has 0 saturated carbocycles. The molecule has 2 aliphatic rings. The van der Waals surface area contributed by atoms with Gasteiger partial charge >= 0.3 is 0 Å². The van der Waals surface area contributed by atoms with Crippen molar-refractivity contribution in [2.45, 2.75) is 38.2 Å². The van der Waals surface area contributed by atoms with Crippen LogP contribution in [0.5, 0.6) is 0 Å². The van der Waals surface area contributed by atoms with E-state index < -0.39 is 0 Å². The molecule has 2 atom stereocenters. The third kappa shape index (κ3) is 6.08. The number of carbonyl (C=O) groups is 2. The molecule has 2 heterocycles. The highest BCUT2D eigenvalue weighted by molar-refractivity contribution is 5.81. The van der Waals surface area contributed by atoms with Gasteiger partial charge in [0.15, 0.2) is 0 Å². The van der Waals surface area contributed by atoms with Crippen molar-refractivity contribution in [3.8, 4) is 0 Å². The van der Waals surface area contributed by atoms with Crippen LogP contribution in [0, 0.1) is 5.92 Å². The van der Waals surface area contributed by atoms with Crippen LogP contribution in [0.25, 0.3) is 0 Å². The van der Waals surface area contributed by atoms with Gasteiger partial charge in [0.2, 0.25) is 11.8 Å². The van der Waals surface area contributed by atoms with Crippen LogP contribution in [-0.2, 0) is 19.1 Å². The Labute approximate surface area is 137 Å². The van der Waals surface area contributed by atoms with Crippen LogP contribution < -0.4 is 11.1 Å². The first-order chi connectivity index (χ1) is 11.2. The number of nitrogens with zero attached hydrogens (tertiary/aromatic N) is 1. The van der Waals surface area contributed by atoms with Gasteiger partial charge in [0.05, 0.1) is 31.7 Å². The number of likely N-dealkylation sites (tertiary alicyclic amines) is 1. The van der Waals surface area contributed by atoms with Crippen LogP contribution >= 0.6 is 0 Å². The smallest absolute Gasteiger partial charge is 0.224 e. The van der Waals surface area contributed by atoms with E-state index in [4.69, 9.17) is 15.2 Å². The predicted molar refractivity (Wildman–Crippen MR) is 85.8 cm³/mol. The Morgan fingerprint density at radius 3 is 2.91 bits per heavy atom. The van der Waals surface area contributed by atoms with Crippen LogP contribution in [0.1, 0.15) is 32.1 Å². The van der Waals surface area contributed by atoms with E-state index in [2.05, 4.69) is 5.32 Å².